The van der Waals surface area contributed by atoms with E-state index < -0.39 is 0 Å². The Bertz CT molecular complexity index is 2420. The summed E-state index contributed by atoms with van der Waals surface area (Å²) in [7, 11) is 0. The molecule has 0 saturated carbocycles. The molecular formula is C38H36KN8O4-. The van der Waals surface area contributed by atoms with E-state index in [0.29, 0.717) is 56.0 Å². The monoisotopic (exact) mass is 707 g/mol. The first-order valence-electron chi connectivity index (χ1n) is 16.6. The van der Waals surface area contributed by atoms with E-state index in [1.54, 1.807) is 15.9 Å². The van der Waals surface area contributed by atoms with Crippen LogP contribution in [0.5, 0.6) is 0 Å². The van der Waals surface area contributed by atoms with Crippen molar-refractivity contribution in [3.05, 3.63) is 102 Å². The molecule has 0 aliphatic carbocycles. The summed E-state index contributed by atoms with van der Waals surface area (Å²) in [5.74, 6) is -0.481. The number of hydrogen-bond donors (Lipinski definition) is 4. The molecule has 0 saturated heterocycles. The second-order valence-corrected chi connectivity index (χ2v) is 12.9. The van der Waals surface area contributed by atoms with E-state index in [1.165, 1.54) is 0 Å². The number of fused-ring (bicyclic) bond motifs is 9. The topological polar surface area (TPSA) is 161 Å². The normalized spacial score (nSPS) is 14.4. The number of carbonyl (C=O) groups is 4. The van der Waals surface area contributed by atoms with Crippen LogP contribution in [-0.2, 0) is 24.1 Å². The number of rotatable bonds is 5. The van der Waals surface area contributed by atoms with Gasteiger partial charge in [-0.1, -0.05) is 13.6 Å². The largest absolute Gasteiger partial charge is 1.00 e. The predicted octanol–water partition coefficient (Wildman–Crippen LogP) is 3.03. The van der Waals surface area contributed by atoms with E-state index in [1.807, 2.05) is 60.4 Å². The Kier molecular flexibility index (Phi) is 9.23. The number of hydrogen-bond acceptors (Lipinski definition) is 4. The van der Waals surface area contributed by atoms with Crippen molar-refractivity contribution >= 4 is 73.4 Å². The second-order valence-electron chi connectivity index (χ2n) is 12.9. The first kappa shape index (κ1) is 35.2. The molecule has 6 heterocycles. The van der Waals surface area contributed by atoms with Gasteiger partial charge < -0.3 is 48.1 Å². The molecule has 3 aromatic carbocycles. The molecule has 5 N–H and O–H groups in total. The average molecular weight is 708 g/mol. The zero-order valence-corrected chi connectivity index (χ0v) is 32.0. The molecule has 0 atom stereocenters. The molecule has 6 aromatic rings. The van der Waals surface area contributed by atoms with Crippen molar-refractivity contribution in [1.29, 1.82) is 0 Å². The van der Waals surface area contributed by atoms with Gasteiger partial charge in [-0.05, 0) is 90.6 Å². The Hall–Kier alpha value is -4.24. The fourth-order valence-electron chi connectivity index (χ4n) is 8.03. The van der Waals surface area contributed by atoms with Crippen LogP contribution in [0.4, 0.5) is 17.1 Å². The summed E-state index contributed by atoms with van der Waals surface area (Å²) < 4.78 is 0. The van der Waals surface area contributed by atoms with E-state index in [9.17, 15) is 19.2 Å². The third kappa shape index (κ3) is 5.45. The van der Waals surface area contributed by atoms with Crippen molar-refractivity contribution < 1.29 is 70.6 Å². The van der Waals surface area contributed by atoms with Gasteiger partial charge in [-0.3, -0.25) is 19.2 Å². The number of nitrogens with one attached hydrogen (secondary N) is 5. The number of anilines is 3. The Morgan fingerprint density at radius 3 is 1.47 bits per heavy atom. The molecule has 0 bridgehead atoms. The molecule has 3 aliphatic rings. The fourth-order valence-corrected chi connectivity index (χ4v) is 8.03. The van der Waals surface area contributed by atoms with Gasteiger partial charge in [-0.15, -0.1) is 0 Å². The molecule has 0 spiro atoms. The van der Waals surface area contributed by atoms with Crippen LogP contribution < -0.4 is 71.4 Å². The zero-order chi connectivity index (χ0) is 33.6. The minimum atomic E-state index is -0.334. The second kappa shape index (κ2) is 13.4. The van der Waals surface area contributed by atoms with E-state index in [-0.39, 0.29) is 89.1 Å². The maximum absolute atomic E-state index is 13.9. The van der Waals surface area contributed by atoms with Gasteiger partial charge in [0.05, 0.1) is 0 Å². The SMILES string of the molecule is CCC(=O)N1CCc2c1ccc1[nH]c(C(=O)N3CCc4c3ccc3[nH]c(C(=O)N5CCc6c5ccc5[nH]c(C(=O)NC[NH-])cc65)cc43)cc21.[CH3-].[K+]. The molecule has 254 valence electrons. The maximum Gasteiger partial charge on any atom is 1.00 e. The molecule has 0 fully saturated rings. The molecule has 12 nitrogen and oxygen atoms in total. The molecule has 9 rings (SSSR count). The summed E-state index contributed by atoms with van der Waals surface area (Å²) in [4.78, 5) is 67.8. The van der Waals surface area contributed by atoms with Gasteiger partial charge in [0, 0.05) is 75.8 Å². The van der Waals surface area contributed by atoms with Crippen LogP contribution >= 0.6 is 0 Å². The summed E-state index contributed by atoms with van der Waals surface area (Å²) >= 11 is 0. The van der Waals surface area contributed by atoms with Gasteiger partial charge in [-0.25, -0.2) is 0 Å². The van der Waals surface area contributed by atoms with Gasteiger partial charge in [0.2, 0.25) is 5.91 Å². The van der Waals surface area contributed by atoms with E-state index >= 15 is 0 Å². The zero-order valence-electron chi connectivity index (χ0n) is 28.8. The fraction of sp³-hybridized carbons (Fsp3) is 0.237. The van der Waals surface area contributed by atoms with E-state index in [0.717, 1.165) is 72.9 Å². The van der Waals surface area contributed by atoms with Crippen molar-refractivity contribution in [2.24, 2.45) is 0 Å². The van der Waals surface area contributed by atoms with Crippen LogP contribution in [0.1, 0.15) is 61.5 Å². The number of aromatic amines is 3. The number of carbonyl (C=O) groups excluding carboxylic acids is 4. The first-order chi connectivity index (χ1) is 23.8. The van der Waals surface area contributed by atoms with Crippen LogP contribution in [0.3, 0.4) is 0 Å². The summed E-state index contributed by atoms with van der Waals surface area (Å²) in [6, 6.07) is 17.2. The van der Waals surface area contributed by atoms with Gasteiger partial charge in [0.25, 0.3) is 17.7 Å². The number of amides is 4. The minimum absolute atomic E-state index is 0. The minimum Gasteiger partial charge on any atom is -0.660 e. The number of H-pyrrole nitrogens is 3. The van der Waals surface area contributed by atoms with Crippen molar-refractivity contribution in [3.63, 3.8) is 0 Å². The average Bonchev–Trinajstić information content (AvgIpc) is 3.94. The van der Waals surface area contributed by atoms with Crippen LogP contribution in [0.2, 0.25) is 0 Å². The first-order valence-corrected chi connectivity index (χ1v) is 16.6. The van der Waals surface area contributed by atoms with Crippen LogP contribution in [0, 0.1) is 7.43 Å². The Morgan fingerprint density at radius 2 is 1.04 bits per heavy atom. The Labute approximate surface area is 336 Å². The number of aromatic nitrogens is 3. The van der Waals surface area contributed by atoms with E-state index in [4.69, 9.17) is 5.73 Å². The van der Waals surface area contributed by atoms with Crippen LogP contribution in [-0.4, -0.2) is 64.9 Å². The third-order valence-electron chi connectivity index (χ3n) is 10.3. The standard InChI is InChI=1S/C37H33N8O4.CH3.K/c1-2-34(46)43-12-9-19-23-16-29(41-26(23)3-6-31(19)43)36(48)45-14-11-21-24-17-30(42-27(24)5-8-33(21)45)37(49)44-13-10-20-22-15-28(35(47)39-18-38)40-25(22)4-7-32(20)44;;/h3-8,15-17,38,40-42H,2,9-14,18H2,1H3,(H,39,47);1H3;/q2*-1;+1. The third-order valence-corrected chi connectivity index (χ3v) is 10.3. The molecule has 13 heteroatoms. The molecule has 0 unspecified atom stereocenters. The Balaban J connectivity index is 0.00000203. The van der Waals surface area contributed by atoms with Crippen molar-refractivity contribution in [2.45, 2.75) is 32.6 Å². The summed E-state index contributed by atoms with van der Waals surface area (Å²) in [6.45, 7) is 3.37. The summed E-state index contributed by atoms with van der Waals surface area (Å²) in [5, 5.41) is 5.30. The van der Waals surface area contributed by atoms with Gasteiger partial charge in [-0.2, -0.15) is 0 Å². The Morgan fingerprint density at radius 1 is 0.647 bits per heavy atom. The quantitative estimate of drug-likeness (QED) is 0.160. The molecule has 3 aliphatic heterocycles. The van der Waals surface area contributed by atoms with Gasteiger partial charge in [0.15, 0.2) is 0 Å². The van der Waals surface area contributed by atoms with Crippen molar-refractivity contribution in [2.75, 3.05) is 41.0 Å². The molecular weight excluding hydrogens is 672 g/mol. The molecule has 4 amide bonds. The number of benzene rings is 3. The van der Waals surface area contributed by atoms with Crippen molar-refractivity contribution in [1.82, 2.24) is 20.3 Å². The van der Waals surface area contributed by atoms with Crippen molar-refractivity contribution in [3.8, 4) is 0 Å². The number of nitrogens with zero attached hydrogens (tertiary/aromatic N) is 3. The maximum atomic E-state index is 13.9. The van der Waals surface area contributed by atoms with Gasteiger partial charge in [0.1, 0.15) is 17.1 Å². The summed E-state index contributed by atoms with van der Waals surface area (Å²) in [5.41, 5.74) is 16.9. The summed E-state index contributed by atoms with van der Waals surface area (Å²) in [6.07, 6.45) is 2.54. The molecule has 3 aromatic heterocycles. The molecule has 0 radical (unpaired) electrons. The predicted molar refractivity (Wildman–Crippen MR) is 195 cm³/mol. The molecule has 51 heavy (non-hydrogen) atoms. The van der Waals surface area contributed by atoms with E-state index in [2.05, 4.69) is 20.3 Å². The van der Waals surface area contributed by atoms with Crippen LogP contribution in [0.25, 0.3) is 38.4 Å². The van der Waals surface area contributed by atoms with Gasteiger partial charge >= 0.3 is 51.4 Å². The van der Waals surface area contributed by atoms with Crippen LogP contribution in [0.15, 0.2) is 54.6 Å². The smallest absolute Gasteiger partial charge is 0.660 e.